The number of aryl methyl sites for hydroxylation is 1. The number of nitrogens with two attached hydrogens (primary N) is 1. The fraction of sp³-hybridized carbons (Fsp3) is 0.200. The molecule has 100 valence electrons. The molecule has 2 aromatic carbocycles. The summed E-state index contributed by atoms with van der Waals surface area (Å²) in [6, 6.07) is 10.3. The van der Waals surface area contributed by atoms with Gasteiger partial charge in [-0.05, 0) is 45.6 Å². The number of halogens is 3. The minimum Gasteiger partial charge on any atom is -0.320 e. The first-order valence-electron chi connectivity index (χ1n) is 6.01. The monoisotopic (exact) mass is 341 g/mol. The van der Waals surface area contributed by atoms with Crippen molar-refractivity contribution in [3.63, 3.8) is 0 Å². The molecule has 1 nitrogen and oxygen atoms in total. The maximum absolute atomic E-state index is 13.9. The average Bonchev–Trinajstić information content (AvgIpc) is 2.42. The van der Waals surface area contributed by atoms with E-state index in [4.69, 9.17) is 17.3 Å². The molecular formula is C15H14BrClFN. The molecule has 0 aliphatic rings. The largest absolute Gasteiger partial charge is 0.320 e. The van der Waals surface area contributed by atoms with Gasteiger partial charge in [0.2, 0.25) is 0 Å². The lowest BCUT2D eigenvalue weighted by Crippen LogP contribution is -2.13. The maximum atomic E-state index is 13.9. The van der Waals surface area contributed by atoms with Gasteiger partial charge in [-0.25, -0.2) is 4.39 Å². The normalized spacial score (nSPS) is 12.5. The van der Waals surface area contributed by atoms with E-state index < -0.39 is 6.04 Å². The zero-order valence-electron chi connectivity index (χ0n) is 10.5. The summed E-state index contributed by atoms with van der Waals surface area (Å²) in [6.45, 7) is 2.09. The van der Waals surface area contributed by atoms with Crippen LogP contribution >= 0.6 is 27.5 Å². The number of hydrogen-bond donors (Lipinski definition) is 1. The fourth-order valence-corrected chi connectivity index (χ4v) is 2.40. The van der Waals surface area contributed by atoms with Gasteiger partial charge in [-0.2, -0.15) is 0 Å². The number of rotatable bonds is 3. The number of benzene rings is 2. The second kappa shape index (κ2) is 6.04. The summed E-state index contributed by atoms with van der Waals surface area (Å²) in [5.74, 6) is -0.358. The molecule has 0 spiro atoms. The molecule has 4 heteroatoms. The van der Waals surface area contributed by atoms with Crippen molar-refractivity contribution in [2.75, 3.05) is 0 Å². The van der Waals surface area contributed by atoms with E-state index in [9.17, 15) is 4.39 Å². The first-order chi connectivity index (χ1) is 9.02. The Morgan fingerprint density at radius 3 is 2.47 bits per heavy atom. The summed E-state index contributed by atoms with van der Waals surface area (Å²) in [6.07, 6.45) is 0.966. The van der Waals surface area contributed by atoms with Crippen LogP contribution in [0.5, 0.6) is 0 Å². The molecule has 0 heterocycles. The molecule has 0 bridgehead atoms. The highest BCUT2D eigenvalue weighted by atomic mass is 79.9. The van der Waals surface area contributed by atoms with Crippen molar-refractivity contribution in [1.82, 2.24) is 0 Å². The van der Waals surface area contributed by atoms with Crippen LogP contribution in [0, 0.1) is 5.82 Å². The van der Waals surface area contributed by atoms with E-state index in [1.807, 2.05) is 24.3 Å². The Hall–Kier alpha value is -0.900. The summed E-state index contributed by atoms with van der Waals surface area (Å²) in [5.41, 5.74) is 8.61. The highest BCUT2D eigenvalue weighted by molar-refractivity contribution is 9.10. The summed E-state index contributed by atoms with van der Waals surface area (Å²) in [5, 5.41) is 0.456. The van der Waals surface area contributed by atoms with Gasteiger partial charge in [-0.1, -0.05) is 42.8 Å². The Bertz CT molecular complexity index is 583. The van der Waals surface area contributed by atoms with Gasteiger partial charge in [0.05, 0.1) is 11.1 Å². The molecule has 0 aliphatic heterocycles. The van der Waals surface area contributed by atoms with Crippen molar-refractivity contribution >= 4 is 27.5 Å². The van der Waals surface area contributed by atoms with Crippen LogP contribution in [0.4, 0.5) is 4.39 Å². The third-order valence-corrected chi connectivity index (χ3v) is 4.32. The van der Waals surface area contributed by atoms with Crippen LogP contribution in [-0.4, -0.2) is 0 Å². The van der Waals surface area contributed by atoms with Gasteiger partial charge in [-0.3, -0.25) is 0 Å². The van der Waals surface area contributed by atoms with Crippen molar-refractivity contribution in [2.45, 2.75) is 19.4 Å². The molecule has 2 aromatic rings. The third-order valence-electron chi connectivity index (χ3n) is 3.12. The second-order valence-electron chi connectivity index (χ2n) is 4.36. The summed E-state index contributed by atoms with van der Waals surface area (Å²) in [4.78, 5) is 0. The molecule has 0 amide bonds. The molecule has 0 aliphatic carbocycles. The lowest BCUT2D eigenvalue weighted by molar-refractivity contribution is 0.599. The van der Waals surface area contributed by atoms with E-state index >= 15 is 0 Å². The van der Waals surface area contributed by atoms with Crippen molar-refractivity contribution in [3.05, 3.63) is 68.4 Å². The van der Waals surface area contributed by atoms with E-state index in [2.05, 4.69) is 22.9 Å². The van der Waals surface area contributed by atoms with E-state index in [0.717, 1.165) is 12.0 Å². The maximum Gasteiger partial charge on any atom is 0.129 e. The molecule has 0 aromatic heterocycles. The molecule has 1 atom stereocenters. The highest BCUT2D eigenvalue weighted by Gasteiger charge is 2.15. The first-order valence-corrected chi connectivity index (χ1v) is 7.19. The Morgan fingerprint density at radius 2 is 1.89 bits per heavy atom. The predicted molar refractivity (Wildman–Crippen MR) is 81.0 cm³/mol. The van der Waals surface area contributed by atoms with Crippen molar-refractivity contribution in [1.29, 1.82) is 0 Å². The van der Waals surface area contributed by atoms with Crippen LogP contribution in [-0.2, 0) is 6.42 Å². The molecule has 0 saturated carbocycles. The SMILES string of the molecule is CCc1ccc(C(N)c2cc(Cl)c(Br)cc2F)cc1. The lowest BCUT2D eigenvalue weighted by atomic mass is 9.98. The van der Waals surface area contributed by atoms with Gasteiger partial charge in [-0.15, -0.1) is 0 Å². The van der Waals surface area contributed by atoms with Gasteiger partial charge in [0.15, 0.2) is 0 Å². The predicted octanol–water partition coefficient (Wildman–Crippen LogP) is 4.85. The molecule has 0 radical (unpaired) electrons. The Balaban J connectivity index is 2.37. The molecule has 1 unspecified atom stereocenters. The molecule has 0 saturated heterocycles. The smallest absolute Gasteiger partial charge is 0.129 e. The Labute approximate surface area is 125 Å². The highest BCUT2D eigenvalue weighted by Crippen LogP contribution is 2.30. The lowest BCUT2D eigenvalue weighted by Gasteiger charge is -2.15. The summed E-state index contributed by atoms with van der Waals surface area (Å²) >= 11 is 9.19. The quantitative estimate of drug-likeness (QED) is 0.793. The van der Waals surface area contributed by atoms with E-state index in [1.54, 1.807) is 6.07 Å². The minimum atomic E-state index is -0.517. The fourth-order valence-electron chi connectivity index (χ4n) is 1.92. The first kappa shape index (κ1) is 14.5. The molecule has 0 fully saturated rings. The van der Waals surface area contributed by atoms with E-state index in [0.29, 0.717) is 15.1 Å². The molecule has 19 heavy (non-hydrogen) atoms. The minimum absolute atomic E-state index is 0.358. The van der Waals surface area contributed by atoms with Crippen LogP contribution in [0.2, 0.25) is 5.02 Å². The van der Waals surface area contributed by atoms with Gasteiger partial charge in [0.25, 0.3) is 0 Å². The van der Waals surface area contributed by atoms with Crippen molar-refractivity contribution in [3.8, 4) is 0 Å². The molecular weight excluding hydrogens is 329 g/mol. The van der Waals surface area contributed by atoms with Crippen molar-refractivity contribution in [2.24, 2.45) is 5.73 Å². The Kier molecular flexibility index (Phi) is 4.61. The van der Waals surface area contributed by atoms with Gasteiger partial charge < -0.3 is 5.73 Å². The molecule has 2 rings (SSSR count). The second-order valence-corrected chi connectivity index (χ2v) is 5.62. The van der Waals surface area contributed by atoms with Crippen LogP contribution in [0.15, 0.2) is 40.9 Å². The standard InChI is InChI=1S/C15H14BrClFN/c1-2-9-3-5-10(6-4-9)15(19)11-7-13(17)12(16)8-14(11)18/h3-8,15H,2,19H2,1H3. The van der Waals surface area contributed by atoms with Crippen molar-refractivity contribution < 1.29 is 4.39 Å². The van der Waals surface area contributed by atoms with Crippen LogP contribution in [0.25, 0.3) is 0 Å². The van der Waals surface area contributed by atoms with Crippen LogP contribution in [0.1, 0.15) is 29.7 Å². The zero-order chi connectivity index (χ0) is 14.0. The topological polar surface area (TPSA) is 26.0 Å². The van der Waals surface area contributed by atoms with E-state index in [-0.39, 0.29) is 5.82 Å². The summed E-state index contributed by atoms with van der Waals surface area (Å²) in [7, 11) is 0. The molecule has 2 N–H and O–H groups in total. The van der Waals surface area contributed by atoms with Gasteiger partial charge in [0, 0.05) is 10.0 Å². The van der Waals surface area contributed by atoms with Crippen LogP contribution in [0.3, 0.4) is 0 Å². The van der Waals surface area contributed by atoms with Gasteiger partial charge >= 0.3 is 0 Å². The Morgan fingerprint density at radius 1 is 1.26 bits per heavy atom. The van der Waals surface area contributed by atoms with Crippen LogP contribution < -0.4 is 5.73 Å². The van der Waals surface area contributed by atoms with Gasteiger partial charge in [0.1, 0.15) is 5.82 Å². The zero-order valence-corrected chi connectivity index (χ0v) is 12.8. The third kappa shape index (κ3) is 3.16. The average molecular weight is 343 g/mol. The number of hydrogen-bond acceptors (Lipinski definition) is 1. The summed E-state index contributed by atoms with van der Waals surface area (Å²) < 4.78 is 14.5. The van der Waals surface area contributed by atoms with E-state index in [1.165, 1.54) is 11.6 Å².